The van der Waals surface area contributed by atoms with E-state index < -0.39 is 5.60 Å². The topological polar surface area (TPSA) is 62.2 Å². The second-order valence-corrected chi connectivity index (χ2v) is 5.18. The molecule has 0 aliphatic heterocycles. The maximum atomic E-state index is 11.9. The third-order valence-electron chi connectivity index (χ3n) is 3.54. The molecule has 4 nitrogen and oxygen atoms in total. The molecule has 1 fully saturated rings. The molecule has 1 amide bonds. The summed E-state index contributed by atoms with van der Waals surface area (Å²) >= 11 is 0. The van der Waals surface area contributed by atoms with Gasteiger partial charge in [-0.25, -0.2) is 4.98 Å². The first-order valence-corrected chi connectivity index (χ1v) is 6.53. The van der Waals surface area contributed by atoms with Crippen LogP contribution in [0.4, 0.5) is 5.82 Å². The lowest BCUT2D eigenvalue weighted by Crippen LogP contribution is -2.36. The van der Waals surface area contributed by atoms with Crippen LogP contribution in [0.3, 0.4) is 0 Å². The highest BCUT2D eigenvalue weighted by Gasteiger charge is 2.31. The summed E-state index contributed by atoms with van der Waals surface area (Å²) in [6.45, 7) is 1.90. The maximum Gasteiger partial charge on any atom is 0.228 e. The van der Waals surface area contributed by atoms with Crippen molar-refractivity contribution in [3.05, 3.63) is 23.9 Å². The van der Waals surface area contributed by atoms with Crippen LogP contribution in [0.5, 0.6) is 0 Å². The molecule has 1 aliphatic rings. The number of nitrogens with zero attached hydrogens (tertiary/aromatic N) is 1. The minimum absolute atomic E-state index is 0.152. The van der Waals surface area contributed by atoms with Gasteiger partial charge in [-0.2, -0.15) is 0 Å². The number of hydrogen-bond acceptors (Lipinski definition) is 3. The zero-order valence-electron chi connectivity index (χ0n) is 10.8. The van der Waals surface area contributed by atoms with E-state index in [0.717, 1.165) is 37.7 Å². The summed E-state index contributed by atoms with van der Waals surface area (Å²) in [4.78, 5) is 16.0. The maximum absolute atomic E-state index is 11.9. The lowest BCUT2D eigenvalue weighted by molar-refractivity contribution is -0.122. The predicted octanol–water partition coefficient (Wildman–Crippen LogP) is 2.41. The number of aliphatic hydroxyl groups is 1. The normalized spacial score (nSPS) is 18.3. The smallest absolute Gasteiger partial charge is 0.228 e. The van der Waals surface area contributed by atoms with Crippen LogP contribution in [0.15, 0.2) is 18.3 Å². The van der Waals surface area contributed by atoms with Crippen LogP contribution < -0.4 is 5.32 Å². The van der Waals surface area contributed by atoms with Gasteiger partial charge in [0.25, 0.3) is 0 Å². The summed E-state index contributed by atoms with van der Waals surface area (Å²) in [5, 5.41) is 13.1. The van der Waals surface area contributed by atoms with Crippen LogP contribution >= 0.6 is 0 Å². The molecule has 0 unspecified atom stereocenters. The molecule has 1 saturated carbocycles. The molecule has 1 aromatic heterocycles. The fourth-order valence-electron chi connectivity index (χ4n) is 2.48. The van der Waals surface area contributed by atoms with Crippen LogP contribution in [0.25, 0.3) is 0 Å². The third kappa shape index (κ3) is 3.29. The molecule has 1 heterocycles. The Balaban J connectivity index is 1.94. The lowest BCUT2D eigenvalue weighted by Gasteiger charge is -2.31. The molecule has 0 saturated heterocycles. The highest BCUT2D eigenvalue weighted by molar-refractivity contribution is 5.91. The highest BCUT2D eigenvalue weighted by atomic mass is 16.3. The summed E-state index contributed by atoms with van der Waals surface area (Å²) in [5.41, 5.74) is 0.117. The van der Waals surface area contributed by atoms with E-state index in [0.29, 0.717) is 5.82 Å². The monoisotopic (exact) mass is 248 g/mol. The van der Waals surface area contributed by atoms with Crippen LogP contribution in [0.1, 0.15) is 44.1 Å². The van der Waals surface area contributed by atoms with Crippen molar-refractivity contribution >= 4 is 11.7 Å². The third-order valence-corrected chi connectivity index (χ3v) is 3.54. The Morgan fingerprint density at radius 2 is 2.17 bits per heavy atom. The SMILES string of the molecule is Cc1cccnc1NC(=O)CC1(O)CCCCC1. The van der Waals surface area contributed by atoms with E-state index in [2.05, 4.69) is 10.3 Å². The molecule has 2 N–H and O–H groups in total. The van der Waals surface area contributed by atoms with Gasteiger partial charge in [-0.05, 0) is 31.4 Å². The van der Waals surface area contributed by atoms with Gasteiger partial charge in [-0.1, -0.05) is 25.3 Å². The van der Waals surface area contributed by atoms with Crippen LogP contribution in [0, 0.1) is 6.92 Å². The number of anilines is 1. The van der Waals surface area contributed by atoms with Crippen molar-refractivity contribution in [3.63, 3.8) is 0 Å². The van der Waals surface area contributed by atoms with Gasteiger partial charge in [0.15, 0.2) is 0 Å². The van der Waals surface area contributed by atoms with E-state index in [1.54, 1.807) is 6.20 Å². The molecular formula is C14H20N2O2. The number of pyridine rings is 1. The van der Waals surface area contributed by atoms with Crippen molar-refractivity contribution < 1.29 is 9.90 Å². The molecule has 0 aromatic carbocycles. The largest absolute Gasteiger partial charge is 0.389 e. The van der Waals surface area contributed by atoms with Crippen molar-refractivity contribution in [1.82, 2.24) is 4.98 Å². The Bertz CT molecular complexity index is 426. The van der Waals surface area contributed by atoms with E-state index in [-0.39, 0.29) is 12.3 Å². The van der Waals surface area contributed by atoms with Crippen molar-refractivity contribution in [2.24, 2.45) is 0 Å². The van der Waals surface area contributed by atoms with Gasteiger partial charge < -0.3 is 10.4 Å². The first-order valence-electron chi connectivity index (χ1n) is 6.53. The number of carbonyl (C=O) groups excluding carboxylic acids is 1. The number of amides is 1. The summed E-state index contributed by atoms with van der Waals surface area (Å²) < 4.78 is 0. The molecule has 1 aliphatic carbocycles. The molecule has 0 bridgehead atoms. The van der Waals surface area contributed by atoms with Crippen molar-refractivity contribution in [3.8, 4) is 0 Å². The zero-order chi connectivity index (χ0) is 13.0. The highest BCUT2D eigenvalue weighted by Crippen LogP contribution is 2.31. The van der Waals surface area contributed by atoms with E-state index in [1.165, 1.54) is 0 Å². The number of nitrogens with one attached hydrogen (secondary N) is 1. The summed E-state index contributed by atoms with van der Waals surface area (Å²) in [6.07, 6.45) is 6.44. The van der Waals surface area contributed by atoms with Crippen molar-refractivity contribution in [2.75, 3.05) is 5.32 Å². The summed E-state index contributed by atoms with van der Waals surface area (Å²) in [7, 11) is 0. The Morgan fingerprint density at radius 1 is 1.44 bits per heavy atom. The van der Waals surface area contributed by atoms with E-state index in [9.17, 15) is 9.90 Å². The molecule has 2 rings (SSSR count). The Labute approximate surface area is 107 Å². The number of hydrogen-bond donors (Lipinski definition) is 2. The summed E-state index contributed by atoms with van der Waals surface area (Å²) in [6, 6.07) is 3.73. The van der Waals surface area contributed by atoms with Gasteiger partial charge in [-0.3, -0.25) is 4.79 Å². The molecule has 18 heavy (non-hydrogen) atoms. The van der Waals surface area contributed by atoms with Crippen molar-refractivity contribution in [2.45, 2.75) is 51.0 Å². The lowest BCUT2D eigenvalue weighted by atomic mass is 9.82. The number of aromatic nitrogens is 1. The minimum Gasteiger partial charge on any atom is -0.389 e. The van der Waals surface area contributed by atoms with Gasteiger partial charge in [-0.15, -0.1) is 0 Å². The van der Waals surface area contributed by atoms with Gasteiger partial charge in [0.1, 0.15) is 5.82 Å². The van der Waals surface area contributed by atoms with Gasteiger partial charge in [0.2, 0.25) is 5.91 Å². The zero-order valence-corrected chi connectivity index (χ0v) is 10.8. The molecule has 1 aromatic rings. The van der Waals surface area contributed by atoms with E-state index in [4.69, 9.17) is 0 Å². The van der Waals surface area contributed by atoms with E-state index >= 15 is 0 Å². The molecule has 0 spiro atoms. The Hall–Kier alpha value is -1.42. The number of carbonyl (C=O) groups is 1. The molecule has 0 atom stereocenters. The van der Waals surface area contributed by atoms with Gasteiger partial charge in [0.05, 0.1) is 12.0 Å². The van der Waals surface area contributed by atoms with E-state index in [1.807, 2.05) is 19.1 Å². The molecule has 0 radical (unpaired) electrons. The second kappa shape index (κ2) is 5.48. The van der Waals surface area contributed by atoms with Crippen LogP contribution in [-0.2, 0) is 4.79 Å². The Kier molecular flexibility index (Phi) is 3.97. The predicted molar refractivity (Wildman–Crippen MR) is 70.3 cm³/mol. The minimum atomic E-state index is -0.814. The van der Waals surface area contributed by atoms with Gasteiger partial charge in [0, 0.05) is 6.20 Å². The quantitative estimate of drug-likeness (QED) is 0.863. The van der Waals surface area contributed by atoms with Crippen LogP contribution in [0.2, 0.25) is 0 Å². The Morgan fingerprint density at radius 3 is 2.83 bits per heavy atom. The number of aryl methyl sites for hydroxylation is 1. The molecule has 98 valence electrons. The summed E-state index contributed by atoms with van der Waals surface area (Å²) in [5.74, 6) is 0.433. The average Bonchev–Trinajstić information content (AvgIpc) is 2.32. The molecular weight excluding hydrogens is 228 g/mol. The second-order valence-electron chi connectivity index (χ2n) is 5.18. The number of rotatable bonds is 3. The average molecular weight is 248 g/mol. The first-order chi connectivity index (χ1) is 8.59. The fraction of sp³-hybridized carbons (Fsp3) is 0.571. The molecule has 4 heteroatoms. The van der Waals surface area contributed by atoms with Crippen LogP contribution in [-0.4, -0.2) is 21.6 Å². The fourth-order valence-corrected chi connectivity index (χ4v) is 2.48. The standard InChI is InChI=1S/C14H20N2O2/c1-11-6-5-9-15-13(11)16-12(17)10-14(18)7-3-2-4-8-14/h5-6,9,18H,2-4,7-8,10H2,1H3,(H,15,16,17). The van der Waals surface area contributed by atoms with Crippen molar-refractivity contribution in [1.29, 1.82) is 0 Å². The first kappa shape index (κ1) is 13.0. The van der Waals surface area contributed by atoms with Gasteiger partial charge >= 0.3 is 0 Å².